The monoisotopic (exact) mass is 354 g/mol. The predicted octanol–water partition coefficient (Wildman–Crippen LogP) is 5.18. The van der Waals surface area contributed by atoms with Gasteiger partial charge in [-0.05, 0) is 68.4 Å². The number of nitrogens with zero attached hydrogens (tertiary/aromatic N) is 2. The Hall–Kier alpha value is -1.42. The van der Waals surface area contributed by atoms with Gasteiger partial charge in [-0.3, -0.25) is 4.79 Å². The lowest BCUT2D eigenvalue weighted by Gasteiger charge is -2.36. The van der Waals surface area contributed by atoms with Crippen LogP contribution in [0.2, 0.25) is 0 Å². The van der Waals surface area contributed by atoms with Gasteiger partial charge in [-0.15, -0.1) is 11.3 Å². The highest BCUT2D eigenvalue weighted by Gasteiger charge is 2.41. The van der Waals surface area contributed by atoms with Crippen molar-refractivity contribution < 1.29 is 4.79 Å². The van der Waals surface area contributed by atoms with Crippen LogP contribution in [0.15, 0.2) is 24.3 Å². The minimum absolute atomic E-state index is 0.206. The molecule has 25 heavy (non-hydrogen) atoms. The largest absolute Gasteiger partial charge is 0.333 e. The number of hydrogen-bond acceptors (Lipinski definition) is 3. The molecule has 3 fully saturated rings. The lowest BCUT2D eigenvalue weighted by Crippen LogP contribution is -2.39. The number of fused-ring (bicyclic) bond motifs is 3. The van der Waals surface area contributed by atoms with Crippen LogP contribution >= 0.6 is 11.3 Å². The topological polar surface area (TPSA) is 33.2 Å². The van der Waals surface area contributed by atoms with Crippen LogP contribution in [0.1, 0.15) is 62.4 Å². The zero-order valence-corrected chi connectivity index (χ0v) is 15.5. The number of likely N-dealkylation sites (tertiary alicyclic amines) is 1. The molecule has 1 amide bonds. The SMILES string of the molecule is O=C(CC1CC2CCC1C2)N1CCCCC1c1nc2ccccc2s1. The van der Waals surface area contributed by atoms with E-state index in [2.05, 4.69) is 23.1 Å². The minimum Gasteiger partial charge on any atom is -0.333 e. The summed E-state index contributed by atoms with van der Waals surface area (Å²) in [6, 6.07) is 8.55. The summed E-state index contributed by atoms with van der Waals surface area (Å²) in [6.07, 6.45) is 9.67. The predicted molar refractivity (Wildman–Crippen MR) is 101 cm³/mol. The van der Waals surface area contributed by atoms with Crippen molar-refractivity contribution in [3.8, 4) is 0 Å². The number of aromatic nitrogens is 1. The molecule has 2 saturated carbocycles. The molecule has 3 aliphatic rings. The summed E-state index contributed by atoms with van der Waals surface area (Å²) >= 11 is 1.77. The number of benzene rings is 1. The van der Waals surface area contributed by atoms with E-state index >= 15 is 0 Å². The van der Waals surface area contributed by atoms with Crippen molar-refractivity contribution in [1.29, 1.82) is 0 Å². The molecule has 1 aromatic carbocycles. The van der Waals surface area contributed by atoms with Gasteiger partial charge in [-0.1, -0.05) is 18.6 Å². The molecular formula is C21H26N2OS. The van der Waals surface area contributed by atoms with E-state index in [1.165, 1.54) is 36.8 Å². The first-order valence-corrected chi connectivity index (χ1v) is 10.7. The molecule has 0 N–H and O–H groups in total. The van der Waals surface area contributed by atoms with E-state index in [-0.39, 0.29) is 6.04 Å². The van der Waals surface area contributed by atoms with Crippen molar-refractivity contribution in [3.05, 3.63) is 29.3 Å². The zero-order valence-electron chi connectivity index (χ0n) is 14.7. The normalized spacial score (nSPS) is 31.8. The number of rotatable bonds is 3. The molecule has 2 bridgehead atoms. The molecule has 0 radical (unpaired) electrons. The van der Waals surface area contributed by atoms with E-state index < -0.39 is 0 Å². The number of amides is 1. The first-order valence-electron chi connectivity index (χ1n) is 9.93. The van der Waals surface area contributed by atoms with Gasteiger partial charge in [0.2, 0.25) is 5.91 Å². The molecule has 4 heteroatoms. The molecule has 0 spiro atoms. The van der Waals surface area contributed by atoms with Crippen LogP contribution in [0.5, 0.6) is 0 Å². The number of piperidine rings is 1. The van der Waals surface area contributed by atoms with Crippen LogP contribution in [-0.4, -0.2) is 22.3 Å². The lowest BCUT2D eigenvalue weighted by molar-refractivity contribution is -0.136. The van der Waals surface area contributed by atoms with Crippen LogP contribution in [0.4, 0.5) is 0 Å². The van der Waals surface area contributed by atoms with Gasteiger partial charge in [-0.2, -0.15) is 0 Å². The van der Waals surface area contributed by atoms with E-state index in [0.29, 0.717) is 11.8 Å². The van der Waals surface area contributed by atoms with Crippen LogP contribution in [0.25, 0.3) is 10.2 Å². The number of para-hydroxylation sites is 1. The van der Waals surface area contributed by atoms with Crippen LogP contribution in [0.3, 0.4) is 0 Å². The van der Waals surface area contributed by atoms with Crippen molar-refractivity contribution in [2.75, 3.05) is 6.54 Å². The second kappa shape index (κ2) is 6.39. The van der Waals surface area contributed by atoms with Crippen molar-refractivity contribution in [2.45, 2.75) is 57.4 Å². The number of thiazole rings is 1. The molecule has 1 aliphatic heterocycles. The Bertz CT molecular complexity index is 752. The van der Waals surface area contributed by atoms with Gasteiger partial charge in [0.25, 0.3) is 0 Å². The highest BCUT2D eigenvalue weighted by Crippen LogP contribution is 2.50. The van der Waals surface area contributed by atoms with Crippen LogP contribution in [-0.2, 0) is 4.79 Å². The molecule has 4 atom stereocenters. The zero-order chi connectivity index (χ0) is 16.8. The van der Waals surface area contributed by atoms with Gasteiger partial charge in [0.05, 0.1) is 16.3 Å². The maximum absolute atomic E-state index is 13.1. The molecule has 3 nitrogen and oxygen atoms in total. The molecule has 4 unspecified atom stereocenters. The highest BCUT2D eigenvalue weighted by molar-refractivity contribution is 7.18. The summed E-state index contributed by atoms with van der Waals surface area (Å²) < 4.78 is 1.24. The Labute approximate surface area is 153 Å². The Morgan fingerprint density at radius 1 is 1.16 bits per heavy atom. The van der Waals surface area contributed by atoms with E-state index in [0.717, 1.165) is 48.2 Å². The third-order valence-electron chi connectivity index (χ3n) is 6.74. The van der Waals surface area contributed by atoms with E-state index in [1.54, 1.807) is 11.3 Å². The van der Waals surface area contributed by atoms with Crippen LogP contribution < -0.4 is 0 Å². The smallest absolute Gasteiger partial charge is 0.223 e. The molecule has 1 saturated heterocycles. The van der Waals surface area contributed by atoms with E-state index in [4.69, 9.17) is 4.98 Å². The fraction of sp³-hybridized carbons (Fsp3) is 0.619. The summed E-state index contributed by atoms with van der Waals surface area (Å²) in [5.41, 5.74) is 1.08. The maximum atomic E-state index is 13.1. The summed E-state index contributed by atoms with van der Waals surface area (Å²) in [5.74, 6) is 2.80. The Morgan fingerprint density at radius 3 is 2.88 bits per heavy atom. The summed E-state index contributed by atoms with van der Waals surface area (Å²) in [5, 5.41) is 1.14. The van der Waals surface area contributed by atoms with Crippen molar-refractivity contribution >= 4 is 27.5 Å². The summed E-state index contributed by atoms with van der Waals surface area (Å²) in [4.78, 5) is 20.2. The first-order chi connectivity index (χ1) is 12.3. The summed E-state index contributed by atoms with van der Waals surface area (Å²) in [6.45, 7) is 0.917. The molecular weight excluding hydrogens is 328 g/mol. The molecule has 1 aromatic heterocycles. The second-order valence-corrected chi connectivity index (χ2v) is 9.32. The number of carbonyl (C=O) groups excluding carboxylic acids is 1. The Morgan fingerprint density at radius 2 is 2.08 bits per heavy atom. The highest BCUT2D eigenvalue weighted by atomic mass is 32.1. The number of carbonyl (C=O) groups is 1. The third-order valence-corrected chi connectivity index (χ3v) is 7.88. The standard InChI is InChI=1S/C21H26N2OS/c24-20(13-16-12-14-8-9-15(16)11-14)23-10-4-3-6-18(23)21-22-17-5-1-2-7-19(17)25-21/h1-2,5,7,14-16,18H,3-4,6,8-13H2. The molecule has 132 valence electrons. The fourth-order valence-corrected chi connectivity index (χ4v) is 6.60. The third kappa shape index (κ3) is 2.88. The molecule has 5 rings (SSSR count). The van der Waals surface area contributed by atoms with E-state index in [9.17, 15) is 4.79 Å². The Kier molecular flexibility index (Phi) is 4.04. The maximum Gasteiger partial charge on any atom is 0.223 e. The first kappa shape index (κ1) is 15.8. The van der Waals surface area contributed by atoms with Gasteiger partial charge >= 0.3 is 0 Å². The van der Waals surface area contributed by atoms with Gasteiger partial charge in [0, 0.05) is 13.0 Å². The van der Waals surface area contributed by atoms with Gasteiger partial charge in [0.1, 0.15) is 5.01 Å². The van der Waals surface area contributed by atoms with Gasteiger partial charge < -0.3 is 4.90 Å². The molecule has 2 aromatic rings. The lowest BCUT2D eigenvalue weighted by atomic mass is 9.85. The molecule has 2 heterocycles. The number of hydrogen-bond donors (Lipinski definition) is 0. The average molecular weight is 355 g/mol. The second-order valence-electron chi connectivity index (χ2n) is 8.26. The van der Waals surface area contributed by atoms with Crippen LogP contribution in [0, 0.1) is 17.8 Å². The average Bonchev–Trinajstić information content (AvgIpc) is 3.36. The minimum atomic E-state index is 0.206. The van der Waals surface area contributed by atoms with Crippen molar-refractivity contribution in [1.82, 2.24) is 9.88 Å². The van der Waals surface area contributed by atoms with Crippen molar-refractivity contribution in [3.63, 3.8) is 0 Å². The van der Waals surface area contributed by atoms with Crippen molar-refractivity contribution in [2.24, 2.45) is 17.8 Å². The van der Waals surface area contributed by atoms with Gasteiger partial charge in [-0.25, -0.2) is 4.98 Å². The van der Waals surface area contributed by atoms with Gasteiger partial charge in [0.15, 0.2) is 0 Å². The van der Waals surface area contributed by atoms with E-state index in [1.807, 2.05) is 6.07 Å². The summed E-state index contributed by atoms with van der Waals surface area (Å²) in [7, 11) is 0. The molecule has 2 aliphatic carbocycles. The fourth-order valence-electron chi connectivity index (χ4n) is 5.49. The quantitative estimate of drug-likeness (QED) is 0.761. The Balaban J connectivity index is 1.35.